The Kier molecular flexibility index (Phi) is 2.14. The molecular weight excluding hydrogens is 187 g/mol. The third kappa shape index (κ3) is 1.72. The number of hydrogen-bond donors (Lipinski definition) is 1. The van der Waals surface area contributed by atoms with Gasteiger partial charge in [-0.25, -0.2) is 0 Å². The van der Waals surface area contributed by atoms with Gasteiger partial charge < -0.3 is 9.73 Å². The molecule has 0 spiro atoms. The number of nitriles is 1. The second-order valence-corrected chi connectivity index (χ2v) is 2.06. The molecule has 1 aromatic heterocycles. The summed E-state index contributed by atoms with van der Waals surface area (Å²) < 4.78 is 40.1. The summed E-state index contributed by atoms with van der Waals surface area (Å²) in [5.74, 6) is -1.71. The van der Waals surface area contributed by atoms with E-state index in [0.717, 1.165) is 0 Å². The van der Waals surface area contributed by atoms with E-state index in [4.69, 9.17) is 5.26 Å². The first-order chi connectivity index (χ1) is 5.99. The highest BCUT2D eigenvalue weighted by atomic mass is 19.4. The molecule has 70 valence electrons. The molecule has 4 nitrogen and oxygen atoms in total. The molecule has 0 radical (unpaired) electrons. The molecule has 0 bridgehead atoms. The van der Waals surface area contributed by atoms with Crippen molar-refractivity contribution in [3.05, 3.63) is 11.6 Å². The lowest BCUT2D eigenvalue weighted by Crippen LogP contribution is -2.04. The van der Waals surface area contributed by atoms with Crippen LogP contribution in [0.1, 0.15) is 11.6 Å². The molecule has 1 heterocycles. The van der Waals surface area contributed by atoms with Crippen LogP contribution in [0.4, 0.5) is 19.1 Å². The Morgan fingerprint density at radius 1 is 1.54 bits per heavy atom. The SMILES string of the molecule is CNc1oc(C(F)(F)F)nc1C#N. The summed E-state index contributed by atoms with van der Waals surface area (Å²) in [6.45, 7) is 0. The summed E-state index contributed by atoms with van der Waals surface area (Å²) in [5, 5.41) is 10.6. The van der Waals surface area contributed by atoms with Crippen molar-refractivity contribution >= 4 is 5.88 Å². The summed E-state index contributed by atoms with van der Waals surface area (Å²) in [7, 11) is 1.33. The van der Waals surface area contributed by atoms with Crippen molar-refractivity contribution in [2.45, 2.75) is 6.18 Å². The number of anilines is 1. The third-order valence-electron chi connectivity index (χ3n) is 1.20. The molecule has 0 amide bonds. The summed E-state index contributed by atoms with van der Waals surface area (Å²) in [4.78, 5) is 2.96. The topological polar surface area (TPSA) is 61.9 Å². The average Bonchev–Trinajstić information content (AvgIpc) is 2.45. The summed E-state index contributed by atoms with van der Waals surface area (Å²) in [6.07, 6.45) is -4.67. The van der Waals surface area contributed by atoms with Gasteiger partial charge in [0.15, 0.2) is 0 Å². The van der Waals surface area contributed by atoms with E-state index >= 15 is 0 Å². The molecule has 0 aliphatic carbocycles. The van der Waals surface area contributed by atoms with Gasteiger partial charge in [0, 0.05) is 7.05 Å². The van der Waals surface area contributed by atoms with E-state index in [1.807, 2.05) is 0 Å². The van der Waals surface area contributed by atoms with Crippen LogP contribution in [0.5, 0.6) is 0 Å². The number of nitrogens with zero attached hydrogens (tertiary/aromatic N) is 2. The van der Waals surface area contributed by atoms with Crippen LogP contribution in [0.25, 0.3) is 0 Å². The molecule has 0 atom stereocenters. The van der Waals surface area contributed by atoms with Crippen molar-refractivity contribution < 1.29 is 17.6 Å². The normalized spacial score (nSPS) is 11.0. The fraction of sp³-hybridized carbons (Fsp3) is 0.333. The minimum Gasteiger partial charge on any atom is -0.415 e. The predicted molar refractivity (Wildman–Crippen MR) is 35.8 cm³/mol. The summed E-state index contributed by atoms with van der Waals surface area (Å²) in [6, 6.07) is 1.47. The molecule has 0 aliphatic heterocycles. The van der Waals surface area contributed by atoms with E-state index in [1.165, 1.54) is 13.1 Å². The Hall–Kier alpha value is -1.71. The van der Waals surface area contributed by atoms with Gasteiger partial charge in [0.1, 0.15) is 6.07 Å². The highest BCUT2D eigenvalue weighted by Gasteiger charge is 2.38. The Labute approximate surface area is 71.0 Å². The van der Waals surface area contributed by atoms with Gasteiger partial charge in [-0.3, -0.25) is 0 Å². The molecule has 0 fully saturated rings. The van der Waals surface area contributed by atoms with Crippen molar-refractivity contribution in [2.75, 3.05) is 12.4 Å². The van der Waals surface area contributed by atoms with Gasteiger partial charge in [-0.2, -0.15) is 23.4 Å². The molecule has 1 aromatic rings. The van der Waals surface area contributed by atoms with Crippen LogP contribution in [-0.2, 0) is 6.18 Å². The van der Waals surface area contributed by atoms with Crippen LogP contribution in [-0.4, -0.2) is 12.0 Å². The van der Waals surface area contributed by atoms with Gasteiger partial charge in [0.05, 0.1) is 0 Å². The summed E-state index contributed by atoms with van der Waals surface area (Å²) in [5.41, 5.74) is -0.408. The largest absolute Gasteiger partial charge is 0.469 e. The first kappa shape index (κ1) is 9.38. The van der Waals surface area contributed by atoms with Gasteiger partial charge in [-0.1, -0.05) is 0 Å². The van der Waals surface area contributed by atoms with Crippen LogP contribution in [0, 0.1) is 11.3 Å². The molecule has 0 unspecified atom stereocenters. The smallest absolute Gasteiger partial charge is 0.415 e. The Bertz CT molecular complexity index is 349. The van der Waals surface area contributed by atoms with Crippen molar-refractivity contribution in [3.63, 3.8) is 0 Å². The number of halogens is 3. The fourth-order valence-electron chi connectivity index (χ4n) is 0.687. The lowest BCUT2D eigenvalue weighted by Gasteiger charge is -1.97. The van der Waals surface area contributed by atoms with Gasteiger partial charge in [0.2, 0.25) is 11.6 Å². The number of aromatic nitrogens is 1. The first-order valence-electron chi connectivity index (χ1n) is 3.15. The standard InChI is InChI=1S/C6H4F3N3O/c1-11-4-3(2-10)12-5(13-4)6(7,8)9/h11H,1H3. The molecule has 13 heavy (non-hydrogen) atoms. The monoisotopic (exact) mass is 191 g/mol. The predicted octanol–water partition coefficient (Wildman–Crippen LogP) is 1.61. The van der Waals surface area contributed by atoms with Gasteiger partial charge in [-0.05, 0) is 0 Å². The van der Waals surface area contributed by atoms with Crippen LogP contribution < -0.4 is 5.32 Å². The number of nitrogens with one attached hydrogen (secondary N) is 1. The van der Waals surface area contributed by atoms with Crippen molar-refractivity contribution in [3.8, 4) is 6.07 Å². The minimum absolute atomic E-state index is 0.283. The van der Waals surface area contributed by atoms with E-state index in [2.05, 4.69) is 14.7 Å². The molecule has 1 rings (SSSR count). The zero-order valence-electron chi connectivity index (χ0n) is 6.44. The number of alkyl halides is 3. The Morgan fingerprint density at radius 2 is 2.15 bits per heavy atom. The minimum atomic E-state index is -4.67. The number of oxazole rings is 1. The fourth-order valence-corrected chi connectivity index (χ4v) is 0.687. The zero-order valence-corrected chi connectivity index (χ0v) is 6.44. The van der Waals surface area contributed by atoms with Gasteiger partial charge in [-0.15, -0.1) is 0 Å². The quantitative estimate of drug-likeness (QED) is 0.732. The van der Waals surface area contributed by atoms with E-state index in [9.17, 15) is 13.2 Å². The Morgan fingerprint density at radius 3 is 2.46 bits per heavy atom. The van der Waals surface area contributed by atoms with Crippen molar-refractivity contribution in [1.82, 2.24) is 4.98 Å². The van der Waals surface area contributed by atoms with E-state index in [-0.39, 0.29) is 5.88 Å². The van der Waals surface area contributed by atoms with Crippen molar-refractivity contribution in [1.29, 1.82) is 5.26 Å². The van der Waals surface area contributed by atoms with Crippen LogP contribution in [0.3, 0.4) is 0 Å². The molecule has 0 saturated heterocycles. The van der Waals surface area contributed by atoms with Gasteiger partial charge >= 0.3 is 12.1 Å². The first-order valence-corrected chi connectivity index (χ1v) is 3.15. The van der Waals surface area contributed by atoms with Crippen molar-refractivity contribution in [2.24, 2.45) is 0 Å². The maximum absolute atomic E-state index is 12.0. The highest BCUT2D eigenvalue weighted by Crippen LogP contribution is 2.31. The number of rotatable bonds is 1. The average molecular weight is 191 g/mol. The van der Waals surface area contributed by atoms with E-state index in [0.29, 0.717) is 0 Å². The van der Waals surface area contributed by atoms with Crippen LogP contribution in [0.2, 0.25) is 0 Å². The molecular formula is C6H4F3N3O. The molecule has 7 heteroatoms. The van der Waals surface area contributed by atoms with Gasteiger partial charge in [0.25, 0.3) is 0 Å². The summed E-state index contributed by atoms with van der Waals surface area (Å²) >= 11 is 0. The van der Waals surface area contributed by atoms with Crippen LogP contribution >= 0.6 is 0 Å². The second-order valence-electron chi connectivity index (χ2n) is 2.06. The lowest BCUT2D eigenvalue weighted by molar-refractivity contribution is -0.156. The Balaban J connectivity index is 3.16. The van der Waals surface area contributed by atoms with E-state index < -0.39 is 17.8 Å². The maximum Gasteiger partial charge on any atom is 0.469 e. The highest BCUT2D eigenvalue weighted by molar-refractivity contribution is 5.44. The second kappa shape index (κ2) is 2.97. The molecule has 0 aliphatic rings. The number of hydrogen-bond acceptors (Lipinski definition) is 4. The molecule has 0 aromatic carbocycles. The third-order valence-corrected chi connectivity index (χ3v) is 1.20. The zero-order chi connectivity index (χ0) is 10.1. The van der Waals surface area contributed by atoms with E-state index in [1.54, 1.807) is 0 Å². The molecule has 0 saturated carbocycles. The van der Waals surface area contributed by atoms with Crippen LogP contribution in [0.15, 0.2) is 4.42 Å². The molecule has 1 N–H and O–H groups in total. The lowest BCUT2D eigenvalue weighted by atomic mass is 10.5. The maximum atomic E-state index is 12.0.